The van der Waals surface area contributed by atoms with Crippen LogP contribution in [-0.4, -0.2) is 16.9 Å². The molecule has 0 bridgehead atoms. The average Bonchev–Trinajstić information content (AvgIpc) is 2.60. The van der Waals surface area contributed by atoms with Gasteiger partial charge in [-0.2, -0.15) is 0 Å². The first-order valence-corrected chi connectivity index (χ1v) is 9.39. The minimum Gasteiger partial charge on any atom is -0.332 e. The lowest BCUT2D eigenvalue weighted by Crippen LogP contribution is -2.32. The number of rotatable bonds is 4. The quantitative estimate of drug-likeness (QED) is 0.493. The van der Waals surface area contributed by atoms with Crippen LogP contribution in [-0.2, 0) is 9.59 Å². The lowest BCUT2D eigenvalue weighted by atomic mass is 9.95. The summed E-state index contributed by atoms with van der Waals surface area (Å²) in [4.78, 5) is 24.1. The highest BCUT2D eigenvalue weighted by atomic mass is 35.5. The van der Waals surface area contributed by atoms with Crippen molar-refractivity contribution in [2.24, 2.45) is 5.41 Å². The molecular formula is C21H22ClN3O2S. The second kappa shape index (κ2) is 9.48. The molecule has 0 aliphatic rings. The largest absolute Gasteiger partial charge is 0.332 e. The van der Waals surface area contributed by atoms with E-state index in [1.165, 1.54) is 6.08 Å². The topological polar surface area (TPSA) is 70.2 Å². The minimum atomic E-state index is -0.497. The number of carbonyl (C=O) groups is 2. The zero-order valence-electron chi connectivity index (χ0n) is 15.9. The summed E-state index contributed by atoms with van der Waals surface area (Å²) in [7, 11) is 0. The average molecular weight is 416 g/mol. The van der Waals surface area contributed by atoms with Crippen LogP contribution in [0.5, 0.6) is 0 Å². The third kappa shape index (κ3) is 7.13. The Balaban J connectivity index is 1.92. The number of carbonyl (C=O) groups excluding carboxylic acids is 2. The van der Waals surface area contributed by atoms with E-state index in [9.17, 15) is 9.59 Å². The van der Waals surface area contributed by atoms with Crippen molar-refractivity contribution in [3.8, 4) is 0 Å². The smallest absolute Gasteiger partial charge is 0.250 e. The fraction of sp³-hybridized carbons (Fsp3) is 0.190. The third-order valence-corrected chi connectivity index (χ3v) is 4.05. The number of anilines is 2. The molecule has 3 N–H and O–H groups in total. The molecule has 5 nitrogen and oxygen atoms in total. The van der Waals surface area contributed by atoms with Gasteiger partial charge in [-0.1, -0.05) is 50.6 Å². The maximum atomic E-state index is 12.1. The van der Waals surface area contributed by atoms with Crippen LogP contribution in [0.15, 0.2) is 54.6 Å². The molecule has 2 amide bonds. The lowest BCUT2D eigenvalue weighted by molar-refractivity contribution is -0.123. The molecule has 0 aromatic heterocycles. The van der Waals surface area contributed by atoms with E-state index in [4.69, 9.17) is 23.8 Å². The predicted octanol–water partition coefficient (Wildman–Crippen LogP) is 4.85. The number of halogens is 1. The highest BCUT2D eigenvalue weighted by molar-refractivity contribution is 7.80. The molecule has 0 aliphatic carbocycles. The first kappa shape index (κ1) is 21.6. The fourth-order valence-corrected chi connectivity index (χ4v) is 2.40. The summed E-state index contributed by atoms with van der Waals surface area (Å²) in [6.45, 7) is 5.52. The number of hydrogen-bond acceptors (Lipinski definition) is 3. The van der Waals surface area contributed by atoms with Crippen molar-refractivity contribution >= 4 is 58.2 Å². The first-order valence-electron chi connectivity index (χ1n) is 8.60. The molecule has 0 saturated heterocycles. The molecule has 2 rings (SSSR count). The van der Waals surface area contributed by atoms with Crippen molar-refractivity contribution in [2.75, 3.05) is 10.6 Å². The summed E-state index contributed by atoms with van der Waals surface area (Å²) < 4.78 is 0. The van der Waals surface area contributed by atoms with Gasteiger partial charge in [-0.3, -0.25) is 14.9 Å². The van der Waals surface area contributed by atoms with Gasteiger partial charge in [0.15, 0.2) is 5.11 Å². The van der Waals surface area contributed by atoms with E-state index in [2.05, 4.69) is 16.0 Å². The SMILES string of the molecule is CC(C)(C)C(=O)Nc1cccc(NC(=S)NC(=O)/C=C/c2ccc(Cl)cc2)c1. The number of hydrogen-bond donors (Lipinski definition) is 3. The van der Waals surface area contributed by atoms with Crippen LogP contribution in [0.4, 0.5) is 11.4 Å². The first-order chi connectivity index (χ1) is 13.1. The van der Waals surface area contributed by atoms with Crippen molar-refractivity contribution < 1.29 is 9.59 Å². The van der Waals surface area contributed by atoms with Crippen LogP contribution in [0.3, 0.4) is 0 Å². The Morgan fingerprint density at radius 2 is 1.61 bits per heavy atom. The van der Waals surface area contributed by atoms with Gasteiger partial charge in [0.05, 0.1) is 0 Å². The van der Waals surface area contributed by atoms with Crippen molar-refractivity contribution in [2.45, 2.75) is 20.8 Å². The zero-order chi connectivity index (χ0) is 20.7. The lowest BCUT2D eigenvalue weighted by Gasteiger charge is -2.18. The minimum absolute atomic E-state index is 0.0899. The maximum Gasteiger partial charge on any atom is 0.250 e. The Labute approximate surface area is 175 Å². The number of nitrogens with one attached hydrogen (secondary N) is 3. The molecule has 28 heavy (non-hydrogen) atoms. The van der Waals surface area contributed by atoms with Gasteiger partial charge in [-0.05, 0) is 54.2 Å². The second-order valence-corrected chi connectivity index (χ2v) is 7.96. The molecule has 0 heterocycles. The predicted molar refractivity (Wildman–Crippen MR) is 119 cm³/mol. The van der Waals surface area contributed by atoms with E-state index in [-0.39, 0.29) is 16.9 Å². The van der Waals surface area contributed by atoms with E-state index in [1.807, 2.05) is 20.8 Å². The Bertz CT molecular complexity index is 903. The van der Waals surface area contributed by atoms with Gasteiger partial charge in [0.1, 0.15) is 0 Å². The van der Waals surface area contributed by atoms with Crippen LogP contribution in [0.1, 0.15) is 26.3 Å². The molecule has 7 heteroatoms. The van der Waals surface area contributed by atoms with Crippen LogP contribution in [0.25, 0.3) is 6.08 Å². The third-order valence-electron chi connectivity index (χ3n) is 3.59. The Morgan fingerprint density at radius 3 is 2.21 bits per heavy atom. The highest BCUT2D eigenvalue weighted by Crippen LogP contribution is 2.20. The molecule has 0 atom stereocenters. The van der Waals surface area contributed by atoms with E-state index in [0.29, 0.717) is 16.4 Å². The van der Waals surface area contributed by atoms with Crippen LogP contribution >= 0.6 is 23.8 Å². The monoisotopic (exact) mass is 415 g/mol. The van der Waals surface area contributed by atoms with Gasteiger partial charge in [0.2, 0.25) is 11.8 Å². The Kier molecular flexibility index (Phi) is 7.31. The van der Waals surface area contributed by atoms with Crippen LogP contribution < -0.4 is 16.0 Å². The van der Waals surface area contributed by atoms with Gasteiger partial charge in [0.25, 0.3) is 0 Å². The van der Waals surface area contributed by atoms with E-state index in [0.717, 1.165) is 5.56 Å². The summed E-state index contributed by atoms with van der Waals surface area (Å²) in [5.41, 5.74) is 1.64. The highest BCUT2D eigenvalue weighted by Gasteiger charge is 2.21. The van der Waals surface area contributed by atoms with Gasteiger partial charge >= 0.3 is 0 Å². The molecule has 146 valence electrons. The molecule has 2 aromatic rings. The standard InChI is InChI=1S/C21H22ClN3O2S/c1-21(2,3)19(27)23-16-5-4-6-17(13-16)24-20(28)25-18(26)12-9-14-7-10-15(22)11-8-14/h4-13H,1-3H3,(H,23,27)(H2,24,25,26,28)/b12-9+. The molecule has 0 unspecified atom stereocenters. The number of thiocarbonyl (C=S) groups is 1. The van der Waals surface area contributed by atoms with Gasteiger partial charge in [-0.25, -0.2) is 0 Å². The Morgan fingerprint density at radius 1 is 1.00 bits per heavy atom. The zero-order valence-corrected chi connectivity index (χ0v) is 17.4. The molecule has 0 radical (unpaired) electrons. The van der Waals surface area contributed by atoms with Crippen LogP contribution in [0, 0.1) is 5.41 Å². The fourth-order valence-electron chi connectivity index (χ4n) is 2.06. The van der Waals surface area contributed by atoms with Gasteiger partial charge in [-0.15, -0.1) is 0 Å². The molecule has 0 saturated carbocycles. The normalized spacial score (nSPS) is 11.1. The van der Waals surface area contributed by atoms with Gasteiger partial charge < -0.3 is 10.6 Å². The summed E-state index contributed by atoms with van der Waals surface area (Å²) in [6, 6.07) is 14.2. The van der Waals surface area contributed by atoms with Crippen molar-refractivity contribution in [1.29, 1.82) is 0 Å². The summed E-state index contributed by atoms with van der Waals surface area (Å²) >= 11 is 11.0. The number of benzene rings is 2. The Hall–Kier alpha value is -2.70. The van der Waals surface area contributed by atoms with Crippen molar-refractivity contribution in [3.05, 3.63) is 65.2 Å². The molecule has 0 aliphatic heterocycles. The van der Waals surface area contributed by atoms with E-state index in [1.54, 1.807) is 54.6 Å². The molecule has 0 fully saturated rings. The maximum absolute atomic E-state index is 12.1. The van der Waals surface area contributed by atoms with Crippen molar-refractivity contribution in [3.63, 3.8) is 0 Å². The second-order valence-electron chi connectivity index (χ2n) is 7.11. The molecule has 0 spiro atoms. The van der Waals surface area contributed by atoms with Crippen molar-refractivity contribution in [1.82, 2.24) is 5.32 Å². The van der Waals surface area contributed by atoms with E-state index < -0.39 is 5.41 Å². The van der Waals surface area contributed by atoms with Crippen LogP contribution in [0.2, 0.25) is 5.02 Å². The van der Waals surface area contributed by atoms with Gasteiger partial charge in [0, 0.05) is 27.9 Å². The summed E-state index contributed by atoms with van der Waals surface area (Å²) in [6.07, 6.45) is 3.05. The molecule has 2 aromatic carbocycles. The summed E-state index contributed by atoms with van der Waals surface area (Å²) in [5.74, 6) is -0.447. The molecular weight excluding hydrogens is 394 g/mol. The number of amides is 2. The summed E-state index contributed by atoms with van der Waals surface area (Å²) in [5, 5.41) is 9.14. The van der Waals surface area contributed by atoms with E-state index >= 15 is 0 Å².